The van der Waals surface area contributed by atoms with E-state index in [1.54, 1.807) is 0 Å². The number of rotatable bonds is 2. The van der Waals surface area contributed by atoms with Gasteiger partial charge in [0.15, 0.2) is 0 Å². The van der Waals surface area contributed by atoms with Crippen molar-refractivity contribution in [3.63, 3.8) is 0 Å². The number of hydrogen-bond acceptors (Lipinski definition) is 1. The summed E-state index contributed by atoms with van der Waals surface area (Å²) in [5, 5.41) is 9.79. The number of carboxylic acids is 1. The van der Waals surface area contributed by atoms with E-state index in [4.69, 9.17) is 0 Å². The van der Waals surface area contributed by atoms with Crippen LogP contribution in [0.25, 0.3) is 0 Å². The van der Waals surface area contributed by atoms with Crippen molar-refractivity contribution in [1.29, 1.82) is 0 Å². The third-order valence-corrected chi connectivity index (χ3v) is 6.72. The van der Waals surface area contributed by atoms with Crippen molar-refractivity contribution < 1.29 is 9.90 Å². The average molecular weight is 248 g/mol. The standard InChI is InChI=1S/C16H24O2/c1-9-7-16(8-9,15(17)18)14-12-3-10-2-11(5-12)6-13(14)4-10/h9-14H,2-8H2,1H3,(H,17,18). The van der Waals surface area contributed by atoms with E-state index in [9.17, 15) is 9.90 Å². The van der Waals surface area contributed by atoms with Crippen molar-refractivity contribution in [1.82, 2.24) is 0 Å². The lowest BCUT2D eigenvalue weighted by Gasteiger charge is -2.62. The van der Waals surface area contributed by atoms with Gasteiger partial charge in [0.1, 0.15) is 0 Å². The van der Waals surface area contributed by atoms with Gasteiger partial charge in [0, 0.05) is 0 Å². The molecule has 1 N–H and O–H groups in total. The number of aliphatic carboxylic acids is 1. The smallest absolute Gasteiger partial charge is 0.309 e. The van der Waals surface area contributed by atoms with Gasteiger partial charge in [0.05, 0.1) is 5.41 Å². The Bertz CT molecular complexity index is 353. The Labute approximate surface area is 109 Å². The first kappa shape index (κ1) is 11.3. The summed E-state index contributed by atoms with van der Waals surface area (Å²) in [6.45, 7) is 2.22. The van der Waals surface area contributed by atoms with Gasteiger partial charge in [0.25, 0.3) is 0 Å². The van der Waals surface area contributed by atoms with Crippen LogP contribution in [0.1, 0.15) is 51.9 Å². The molecule has 0 heterocycles. The van der Waals surface area contributed by atoms with Crippen LogP contribution in [0.2, 0.25) is 0 Å². The van der Waals surface area contributed by atoms with Gasteiger partial charge < -0.3 is 5.11 Å². The average Bonchev–Trinajstić information content (AvgIpc) is 2.23. The first-order valence-electron chi connectivity index (χ1n) is 7.82. The molecule has 100 valence electrons. The van der Waals surface area contributed by atoms with E-state index in [2.05, 4.69) is 6.92 Å². The summed E-state index contributed by atoms with van der Waals surface area (Å²) in [7, 11) is 0. The number of carboxylic acid groups (broad SMARTS) is 1. The van der Waals surface area contributed by atoms with Crippen molar-refractivity contribution >= 4 is 5.97 Å². The molecule has 0 atom stereocenters. The predicted octanol–water partition coefficient (Wildman–Crippen LogP) is 3.56. The summed E-state index contributed by atoms with van der Waals surface area (Å²) in [4.78, 5) is 11.9. The van der Waals surface area contributed by atoms with Crippen LogP contribution >= 0.6 is 0 Å². The molecule has 5 fully saturated rings. The van der Waals surface area contributed by atoms with Crippen molar-refractivity contribution in [2.75, 3.05) is 0 Å². The quantitative estimate of drug-likeness (QED) is 0.811. The van der Waals surface area contributed by atoms with Gasteiger partial charge in [-0.2, -0.15) is 0 Å². The highest BCUT2D eigenvalue weighted by atomic mass is 16.4. The van der Waals surface area contributed by atoms with Crippen LogP contribution in [-0.4, -0.2) is 11.1 Å². The Morgan fingerprint density at radius 3 is 1.89 bits per heavy atom. The van der Waals surface area contributed by atoms with Gasteiger partial charge in [-0.05, 0) is 80.5 Å². The minimum Gasteiger partial charge on any atom is -0.481 e. The van der Waals surface area contributed by atoms with E-state index >= 15 is 0 Å². The van der Waals surface area contributed by atoms with Crippen molar-refractivity contribution in [2.45, 2.75) is 51.9 Å². The fourth-order valence-corrected chi connectivity index (χ4v) is 6.60. The molecule has 5 aliphatic carbocycles. The molecule has 2 heteroatoms. The predicted molar refractivity (Wildman–Crippen MR) is 69.0 cm³/mol. The summed E-state index contributed by atoms with van der Waals surface area (Å²) in [6, 6.07) is 0. The minimum absolute atomic E-state index is 0.317. The third kappa shape index (κ3) is 1.32. The summed E-state index contributed by atoms with van der Waals surface area (Å²) >= 11 is 0. The van der Waals surface area contributed by atoms with Crippen LogP contribution < -0.4 is 0 Å². The molecule has 0 aromatic rings. The van der Waals surface area contributed by atoms with Gasteiger partial charge in [0.2, 0.25) is 0 Å². The monoisotopic (exact) mass is 248 g/mol. The van der Waals surface area contributed by atoms with Gasteiger partial charge in [-0.3, -0.25) is 4.79 Å². The van der Waals surface area contributed by atoms with Crippen LogP contribution in [0.5, 0.6) is 0 Å². The molecule has 0 spiro atoms. The normalized spacial score (nSPS) is 57.4. The lowest BCUT2D eigenvalue weighted by Crippen LogP contribution is -2.58. The topological polar surface area (TPSA) is 37.3 Å². The molecule has 5 aliphatic rings. The Morgan fingerprint density at radius 2 is 1.50 bits per heavy atom. The molecule has 0 aliphatic heterocycles. The van der Waals surface area contributed by atoms with Crippen molar-refractivity contribution in [3.05, 3.63) is 0 Å². The molecule has 18 heavy (non-hydrogen) atoms. The van der Waals surface area contributed by atoms with E-state index in [-0.39, 0.29) is 5.41 Å². The summed E-state index contributed by atoms with van der Waals surface area (Å²) < 4.78 is 0. The maximum Gasteiger partial charge on any atom is 0.309 e. The molecule has 4 bridgehead atoms. The van der Waals surface area contributed by atoms with E-state index < -0.39 is 5.97 Å². The van der Waals surface area contributed by atoms with E-state index in [1.807, 2.05) is 0 Å². The lowest BCUT2D eigenvalue weighted by atomic mass is 9.42. The molecule has 2 nitrogen and oxygen atoms in total. The van der Waals surface area contributed by atoms with Crippen LogP contribution in [0.4, 0.5) is 0 Å². The first-order valence-corrected chi connectivity index (χ1v) is 7.82. The fourth-order valence-electron chi connectivity index (χ4n) is 6.60. The van der Waals surface area contributed by atoms with E-state index in [0.717, 1.165) is 36.5 Å². The Balaban J connectivity index is 1.66. The molecular weight excluding hydrogens is 224 g/mol. The lowest BCUT2D eigenvalue weighted by molar-refractivity contribution is -0.185. The van der Waals surface area contributed by atoms with Gasteiger partial charge in [-0.1, -0.05) is 6.92 Å². The molecule has 0 radical (unpaired) electrons. The van der Waals surface area contributed by atoms with E-state index in [1.165, 1.54) is 32.1 Å². The molecule has 5 saturated carbocycles. The molecule has 0 aromatic heterocycles. The molecule has 0 aromatic carbocycles. The summed E-state index contributed by atoms with van der Waals surface area (Å²) in [6.07, 6.45) is 8.76. The van der Waals surface area contributed by atoms with Crippen LogP contribution in [0.3, 0.4) is 0 Å². The SMILES string of the molecule is CC1CC(C(=O)O)(C2C3CC4CC(C3)CC2C4)C1. The number of carbonyl (C=O) groups is 1. The molecule has 5 rings (SSSR count). The van der Waals surface area contributed by atoms with Crippen LogP contribution in [0.15, 0.2) is 0 Å². The highest BCUT2D eigenvalue weighted by molar-refractivity contribution is 5.76. The van der Waals surface area contributed by atoms with Crippen LogP contribution in [-0.2, 0) is 4.79 Å². The molecular formula is C16H24O2. The minimum atomic E-state index is -0.474. The second kappa shape index (κ2) is 3.52. The molecule has 0 unspecified atom stereocenters. The van der Waals surface area contributed by atoms with Gasteiger partial charge in [-0.25, -0.2) is 0 Å². The van der Waals surface area contributed by atoms with Crippen LogP contribution in [0, 0.1) is 40.9 Å². The Kier molecular flexibility index (Phi) is 2.21. The third-order valence-electron chi connectivity index (χ3n) is 6.72. The van der Waals surface area contributed by atoms with Gasteiger partial charge in [-0.15, -0.1) is 0 Å². The zero-order chi connectivity index (χ0) is 12.5. The fraction of sp³-hybridized carbons (Fsp3) is 0.938. The molecule has 0 amide bonds. The second-order valence-corrected chi connectivity index (χ2v) is 7.93. The zero-order valence-corrected chi connectivity index (χ0v) is 11.3. The maximum atomic E-state index is 11.9. The largest absolute Gasteiger partial charge is 0.481 e. The van der Waals surface area contributed by atoms with E-state index in [0.29, 0.717) is 11.8 Å². The first-order chi connectivity index (χ1) is 8.58. The second-order valence-electron chi connectivity index (χ2n) is 7.93. The summed E-state index contributed by atoms with van der Waals surface area (Å²) in [5.74, 6) is 4.10. The summed E-state index contributed by atoms with van der Waals surface area (Å²) in [5.41, 5.74) is -0.317. The highest BCUT2D eigenvalue weighted by Gasteiger charge is 2.62. The van der Waals surface area contributed by atoms with Crippen molar-refractivity contribution in [3.8, 4) is 0 Å². The van der Waals surface area contributed by atoms with Crippen molar-refractivity contribution in [2.24, 2.45) is 40.9 Å². The zero-order valence-electron chi connectivity index (χ0n) is 11.3. The molecule has 0 saturated heterocycles. The highest BCUT2D eigenvalue weighted by Crippen LogP contribution is 2.66. The van der Waals surface area contributed by atoms with Gasteiger partial charge >= 0.3 is 5.97 Å². The number of hydrogen-bond donors (Lipinski definition) is 1. The Morgan fingerprint density at radius 1 is 1.00 bits per heavy atom. The Hall–Kier alpha value is -0.530. The maximum absolute atomic E-state index is 11.9.